The molecule has 19 heavy (non-hydrogen) atoms. The Bertz CT molecular complexity index is 309. The summed E-state index contributed by atoms with van der Waals surface area (Å²) in [4.78, 5) is 23.8. The van der Waals surface area contributed by atoms with Crippen LogP contribution in [0.25, 0.3) is 0 Å². The third kappa shape index (κ3) is 4.68. The van der Waals surface area contributed by atoms with Crippen LogP contribution < -0.4 is 0 Å². The molecule has 1 rings (SSSR count). The van der Waals surface area contributed by atoms with Crippen LogP contribution in [0.4, 0.5) is 0 Å². The second kappa shape index (κ2) is 7.73. The number of esters is 2. The Labute approximate surface area is 119 Å². The number of carbonyl (C=O) groups excluding carboxylic acids is 2. The Kier molecular flexibility index (Phi) is 6.63. The molecule has 1 aliphatic carbocycles. The van der Waals surface area contributed by atoms with E-state index < -0.39 is 22.9 Å². The van der Waals surface area contributed by atoms with Gasteiger partial charge in [0.25, 0.3) is 0 Å². The van der Waals surface area contributed by atoms with Crippen molar-refractivity contribution in [2.24, 2.45) is 0 Å². The van der Waals surface area contributed by atoms with E-state index in [-0.39, 0.29) is 0 Å². The van der Waals surface area contributed by atoms with Crippen LogP contribution in [0.5, 0.6) is 0 Å². The molecule has 0 aromatic rings. The Morgan fingerprint density at radius 3 is 2.42 bits per heavy atom. The minimum absolute atomic E-state index is 0.391. The summed E-state index contributed by atoms with van der Waals surface area (Å²) in [5, 5.41) is -0.745. The number of alkyl halides is 1. The van der Waals surface area contributed by atoms with Crippen LogP contribution in [-0.2, 0) is 19.1 Å². The fraction of sp³-hybridized carbons (Fsp3) is 0.857. The second-order valence-corrected chi connectivity index (χ2v) is 5.74. The Morgan fingerprint density at radius 1 is 1.26 bits per heavy atom. The molecule has 4 nitrogen and oxygen atoms in total. The highest BCUT2D eigenvalue weighted by molar-refractivity contribution is 6.29. The van der Waals surface area contributed by atoms with E-state index in [0.717, 1.165) is 32.1 Å². The summed E-state index contributed by atoms with van der Waals surface area (Å²) in [5.74, 6) is -0.958. The van der Waals surface area contributed by atoms with Crippen LogP contribution in [0.1, 0.15) is 58.8 Å². The van der Waals surface area contributed by atoms with Gasteiger partial charge in [0, 0.05) is 0 Å². The average Bonchev–Trinajstić information content (AvgIpc) is 2.84. The van der Waals surface area contributed by atoms with Crippen molar-refractivity contribution < 1.29 is 19.1 Å². The van der Waals surface area contributed by atoms with E-state index in [1.54, 1.807) is 6.92 Å². The predicted molar refractivity (Wildman–Crippen MR) is 73.1 cm³/mol. The number of hydrogen-bond donors (Lipinski definition) is 0. The van der Waals surface area contributed by atoms with Gasteiger partial charge in [-0.25, -0.2) is 4.79 Å². The van der Waals surface area contributed by atoms with E-state index >= 15 is 0 Å². The summed E-state index contributed by atoms with van der Waals surface area (Å²) in [7, 11) is 0. The standard InChI is InChI=1S/C14H23ClO4/c1-3-4-7-10-18-13(17)14(8-5-6-9-14)19-12(16)11(2)15/h11H,3-10H2,1-2H3/t11-/m0/s1. The zero-order valence-corrected chi connectivity index (χ0v) is 12.5. The van der Waals surface area contributed by atoms with E-state index in [4.69, 9.17) is 21.1 Å². The van der Waals surface area contributed by atoms with Crippen molar-refractivity contribution in [2.45, 2.75) is 69.8 Å². The maximum absolute atomic E-state index is 12.1. The Hall–Kier alpha value is -0.770. The van der Waals surface area contributed by atoms with Crippen LogP contribution in [-0.4, -0.2) is 29.5 Å². The monoisotopic (exact) mass is 290 g/mol. The molecule has 1 atom stereocenters. The maximum atomic E-state index is 12.1. The van der Waals surface area contributed by atoms with Gasteiger partial charge in [0.2, 0.25) is 5.60 Å². The zero-order valence-electron chi connectivity index (χ0n) is 11.7. The molecule has 0 aromatic heterocycles. The van der Waals surface area contributed by atoms with E-state index in [1.165, 1.54) is 0 Å². The van der Waals surface area contributed by atoms with E-state index in [9.17, 15) is 9.59 Å². The number of ether oxygens (including phenoxy) is 2. The molecule has 0 saturated heterocycles. The number of halogens is 1. The largest absolute Gasteiger partial charge is 0.463 e. The van der Waals surface area contributed by atoms with Crippen molar-refractivity contribution in [3.05, 3.63) is 0 Å². The first kappa shape index (κ1) is 16.3. The first-order valence-electron chi connectivity index (χ1n) is 7.06. The minimum atomic E-state index is -1.09. The third-order valence-electron chi connectivity index (χ3n) is 3.39. The molecular formula is C14H23ClO4. The molecule has 0 unspecified atom stereocenters. The highest BCUT2D eigenvalue weighted by Gasteiger charge is 2.46. The molecule has 0 spiro atoms. The lowest BCUT2D eigenvalue weighted by molar-refractivity contribution is -0.182. The average molecular weight is 291 g/mol. The lowest BCUT2D eigenvalue weighted by atomic mass is 10.0. The smallest absolute Gasteiger partial charge is 0.350 e. The molecule has 0 aliphatic heterocycles. The van der Waals surface area contributed by atoms with E-state index in [1.807, 2.05) is 0 Å². The molecule has 5 heteroatoms. The lowest BCUT2D eigenvalue weighted by Crippen LogP contribution is -2.43. The summed E-state index contributed by atoms with van der Waals surface area (Å²) in [6.45, 7) is 4.02. The normalized spacial score (nSPS) is 18.9. The molecular weight excluding hydrogens is 268 g/mol. The van der Waals surface area contributed by atoms with Crippen LogP contribution in [0.15, 0.2) is 0 Å². The first-order valence-corrected chi connectivity index (χ1v) is 7.49. The Morgan fingerprint density at radius 2 is 1.89 bits per heavy atom. The van der Waals surface area contributed by atoms with Gasteiger partial charge in [-0.2, -0.15) is 0 Å². The molecule has 1 saturated carbocycles. The first-order chi connectivity index (χ1) is 9.02. The molecule has 0 aromatic carbocycles. The second-order valence-electron chi connectivity index (χ2n) is 5.08. The predicted octanol–water partition coefficient (Wildman–Crippen LogP) is 3.20. The van der Waals surface area contributed by atoms with Gasteiger partial charge in [0.05, 0.1) is 6.61 Å². The van der Waals surface area contributed by atoms with Crippen molar-refractivity contribution in [1.82, 2.24) is 0 Å². The molecule has 1 aliphatic rings. The molecule has 0 amide bonds. The number of unbranched alkanes of at least 4 members (excludes halogenated alkanes) is 2. The van der Waals surface area contributed by atoms with Gasteiger partial charge in [-0.05, 0) is 39.0 Å². The van der Waals surface area contributed by atoms with Gasteiger partial charge < -0.3 is 9.47 Å². The summed E-state index contributed by atoms with van der Waals surface area (Å²) in [6.07, 6.45) is 5.75. The van der Waals surface area contributed by atoms with Crippen molar-refractivity contribution in [3.8, 4) is 0 Å². The van der Waals surface area contributed by atoms with E-state index in [2.05, 4.69) is 6.92 Å². The molecule has 1 fully saturated rings. The summed E-state index contributed by atoms with van der Waals surface area (Å²) >= 11 is 5.69. The maximum Gasteiger partial charge on any atom is 0.350 e. The summed E-state index contributed by atoms with van der Waals surface area (Å²) in [6, 6.07) is 0. The summed E-state index contributed by atoms with van der Waals surface area (Å²) in [5.41, 5.74) is -1.09. The van der Waals surface area contributed by atoms with E-state index in [0.29, 0.717) is 19.4 Å². The van der Waals surface area contributed by atoms with Crippen molar-refractivity contribution in [1.29, 1.82) is 0 Å². The topological polar surface area (TPSA) is 52.6 Å². The highest BCUT2D eigenvalue weighted by atomic mass is 35.5. The number of rotatable bonds is 7. The molecule has 0 N–H and O–H groups in total. The highest BCUT2D eigenvalue weighted by Crippen LogP contribution is 2.35. The quantitative estimate of drug-likeness (QED) is 0.410. The van der Waals surface area contributed by atoms with Crippen LogP contribution in [0.2, 0.25) is 0 Å². The zero-order chi connectivity index (χ0) is 14.3. The SMILES string of the molecule is CCCCCOC(=O)C1(OC(=O)[C@H](C)Cl)CCCC1. The van der Waals surface area contributed by atoms with Crippen LogP contribution in [0, 0.1) is 0 Å². The lowest BCUT2D eigenvalue weighted by Gasteiger charge is -2.27. The molecule has 0 radical (unpaired) electrons. The van der Waals surface area contributed by atoms with Crippen molar-refractivity contribution in [2.75, 3.05) is 6.61 Å². The summed E-state index contributed by atoms with van der Waals surface area (Å²) < 4.78 is 10.6. The van der Waals surface area contributed by atoms with Crippen molar-refractivity contribution >= 4 is 23.5 Å². The molecule has 0 heterocycles. The van der Waals surface area contributed by atoms with Gasteiger partial charge in [0.1, 0.15) is 5.38 Å². The Balaban J connectivity index is 2.55. The van der Waals surface area contributed by atoms with Gasteiger partial charge in [-0.1, -0.05) is 19.8 Å². The fourth-order valence-electron chi connectivity index (χ4n) is 2.22. The van der Waals surface area contributed by atoms with Gasteiger partial charge in [-0.15, -0.1) is 11.6 Å². The number of hydrogen-bond acceptors (Lipinski definition) is 4. The van der Waals surface area contributed by atoms with Crippen molar-refractivity contribution in [3.63, 3.8) is 0 Å². The van der Waals surface area contributed by atoms with Crippen LogP contribution >= 0.6 is 11.6 Å². The van der Waals surface area contributed by atoms with Crippen LogP contribution in [0.3, 0.4) is 0 Å². The number of carbonyl (C=O) groups is 2. The molecule has 110 valence electrons. The van der Waals surface area contributed by atoms with Gasteiger partial charge >= 0.3 is 11.9 Å². The molecule has 0 bridgehead atoms. The fourth-order valence-corrected chi connectivity index (χ4v) is 2.26. The van der Waals surface area contributed by atoms with Gasteiger partial charge in [-0.3, -0.25) is 4.79 Å². The minimum Gasteiger partial charge on any atom is -0.463 e. The van der Waals surface area contributed by atoms with Gasteiger partial charge in [0.15, 0.2) is 0 Å². The third-order valence-corrected chi connectivity index (χ3v) is 3.56.